The van der Waals surface area contributed by atoms with E-state index in [9.17, 15) is 11.0 Å². The van der Waals surface area contributed by atoms with Gasteiger partial charge in [-0.05, 0) is 78.4 Å². The van der Waals surface area contributed by atoms with Crippen molar-refractivity contribution in [2.24, 2.45) is 13.0 Å². The highest BCUT2D eigenvalue weighted by Gasteiger charge is 2.27. The van der Waals surface area contributed by atoms with Crippen molar-refractivity contribution < 1.29 is 11.0 Å². The minimum atomic E-state index is -1.02. The number of halogens is 1. The molecular formula is C32H32ClN3O2. The van der Waals surface area contributed by atoms with Crippen LogP contribution in [0.25, 0.3) is 28.2 Å². The van der Waals surface area contributed by atoms with Gasteiger partial charge in [-0.2, -0.15) is 0 Å². The zero-order valence-electron chi connectivity index (χ0n) is 22.7. The van der Waals surface area contributed by atoms with Gasteiger partial charge >= 0.3 is 0 Å². The third-order valence-electron chi connectivity index (χ3n) is 7.18. The number of hydrogen-bond acceptors (Lipinski definition) is 3. The average molecular weight is 527 g/mol. The van der Waals surface area contributed by atoms with Gasteiger partial charge in [-0.1, -0.05) is 67.3 Å². The summed E-state index contributed by atoms with van der Waals surface area (Å²) in [5, 5.41) is 0.433. The minimum absolute atomic E-state index is 0.0526. The maximum atomic E-state index is 13.9. The maximum Gasteiger partial charge on any atom is 0.230 e. The Morgan fingerprint density at radius 3 is 2.61 bits per heavy atom. The lowest BCUT2D eigenvalue weighted by Crippen LogP contribution is -2.36. The molecule has 1 heterocycles. The molecule has 1 aromatic heterocycles. The molecule has 1 aliphatic rings. The number of allylic oxidation sites excluding steroid dienone is 1. The summed E-state index contributed by atoms with van der Waals surface area (Å²) in [6.45, 7) is 0.477. The van der Waals surface area contributed by atoms with Gasteiger partial charge in [-0.15, -0.1) is 0 Å². The Labute approximate surface area is 230 Å². The number of hydrogen-bond donors (Lipinski definition) is 0. The van der Waals surface area contributed by atoms with Gasteiger partial charge in [-0.3, -0.25) is 9.59 Å². The molecule has 1 aliphatic carbocycles. The van der Waals surface area contributed by atoms with Crippen molar-refractivity contribution in [1.29, 1.82) is 0 Å². The molecule has 6 heteroatoms. The zero-order chi connectivity index (χ0) is 27.5. The fourth-order valence-electron chi connectivity index (χ4n) is 5.07. The van der Waals surface area contributed by atoms with E-state index in [2.05, 4.69) is 4.98 Å². The van der Waals surface area contributed by atoms with Crippen molar-refractivity contribution in [3.8, 4) is 11.1 Å². The maximum absolute atomic E-state index is 13.9. The van der Waals surface area contributed by atoms with E-state index < -0.39 is 6.52 Å². The largest absolute Gasteiger partial charge is 0.334 e. The molecule has 0 spiro atoms. The summed E-state index contributed by atoms with van der Waals surface area (Å²) >= 11 is 6.81. The van der Waals surface area contributed by atoms with Crippen LogP contribution in [0.3, 0.4) is 0 Å². The topological polar surface area (TPSA) is 55.2 Å². The lowest BCUT2D eigenvalue weighted by Gasteiger charge is -2.30. The van der Waals surface area contributed by atoms with Crippen molar-refractivity contribution in [3.05, 3.63) is 89.2 Å². The van der Waals surface area contributed by atoms with Crippen LogP contribution in [-0.2, 0) is 23.2 Å². The predicted molar refractivity (Wildman–Crippen MR) is 155 cm³/mol. The Balaban J connectivity index is 1.50. The first-order valence-corrected chi connectivity index (χ1v) is 13.4. The highest BCUT2D eigenvalue weighted by atomic mass is 35.5. The number of ketones is 1. The van der Waals surface area contributed by atoms with Crippen molar-refractivity contribution >= 4 is 46.1 Å². The van der Waals surface area contributed by atoms with E-state index in [1.807, 2.05) is 72.3 Å². The molecule has 1 unspecified atom stereocenters. The number of nitrogens with zero attached hydrogens (tertiary/aromatic N) is 3. The van der Waals surface area contributed by atoms with Crippen LogP contribution in [0.15, 0.2) is 73.1 Å². The molecule has 5 rings (SSSR count). The summed E-state index contributed by atoms with van der Waals surface area (Å²) in [5.41, 5.74) is 5.83. The number of benzene rings is 3. The number of rotatable bonds is 7. The summed E-state index contributed by atoms with van der Waals surface area (Å²) in [6.07, 6.45) is 9.85. The van der Waals surface area contributed by atoms with Gasteiger partial charge in [0, 0.05) is 23.7 Å². The van der Waals surface area contributed by atoms with Crippen LogP contribution in [0.5, 0.6) is 0 Å². The molecular weight excluding hydrogens is 494 g/mol. The Kier molecular flexibility index (Phi) is 7.36. The summed E-state index contributed by atoms with van der Waals surface area (Å²) in [6, 6.07) is 19.2. The number of carbonyl (C=O) groups excluding carboxylic acids is 2. The van der Waals surface area contributed by atoms with Crippen LogP contribution in [0, 0.1) is 5.92 Å². The van der Waals surface area contributed by atoms with Crippen molar-refractivity contribution in [1.82, 2.24) is 9.55 Å². The standard InChI is InChI=1S/C32H32ClN3O2/c1-22(37)11-12-23-7-6-10-28(17-23)36(32(38)24-8-4-3-5-9-24)20-27-14-13-25(18-29(27)33)26-15-16-31-30(19-26)34-21-35(31)2/h6-7,10-19,21,24H,3-5,8-9,20H2,1-2H3/b12-11+/i20D. The van der Waals surface area contributed by atoms with E-state index >= 15 is 0 Å². The molecule has 0 saturated heterocycles. The normalized spacial score (nSPS) is 15.5. The van der Waals surface area contributed by atoms with Crippen LogP contribution in [0.1, 0.15) is 51.5 Å². The Morgan fingerprint density at radius 1 is 1.08 bits per heavy atom. The summed E-state index contributed by atoms with van der Waals surface area (Å²) < 4.78 is 11.2. The molecule has 5 nitrogen and oxygen atoms in total. The number of aryl methyl sites for hydroxylation is 1. The van der Waals surface area contributed by atoms with Gasteiger partial charge in [-0.25, -0.2) is 4.98 Å². The molecule has 1 amide bonds. The predicted octanol–water partition coefficient (Wildman–Crippen LogP) is 7.61. The smallest absolute Gasteiger partial charge is 0.230 e. The van der Waals surface area contributed by atoms with E-state index in [0.29, 0.717) is 16.3 Å². The summed E-state index contributed by atoms with van der Waals surface area (Å²) in [4.78, 5) is 31.4. The third-order valence-corrected chi connectivity index (χ3v) is 7.51. The number of anilines is 1. The van der Waals surface area contributed by atoms with Gasteiger partial charge in [0.25, 0.3) is 0 Å². The van der Waals surface area contributed by atoms with Crippen LogP contribution in [-0.4, -0.2) is 21.2 Å². The molecule has 0 aliphatic heterocycles. The molecule has 1 fully saturated rings. The fraction of sp³-hybridized carbons (Fsp3) is 0.281. The highest BCUT2D eigenvalue weighted by molar-refractivity contribution is 6.31. The zero-order valence-corrected chi connectivity index (χ0v) is 22.5. The van der Waals surface area contributed by atoms with Gasteiger partial charge in [0.05, 0.1) is 25.3 Å². The van der Waals surface area contributed by atoms with Gasteiger partial charge < -0.3 is 9.47 Å². The minimum Gasteiger partial charge on any atom is -0.334 e. The first-order chi connectivity index (χ1) is 18.8. The third kappa shape index (κ3) is 5.73. The van der Waals surface area contributed by atoms with E-state index in [4.69, 9.17) is 11.6 Å². The van der Waals surface area contributed by atoms with Gasteiger partial charge in [0.1, 0.15) is 0 Å². The summed E-state index contributed by atoms with van der Waals surface area (Å²) in [5.74, 6) is -0.225. The van der Waals surface area contributed by atoms with E-state index in [1.54, 1.807) is 17.3 Å². The molecule has 194 valence electrons. The quantitative estimate of drug-likeness (QED) is 0.233. The van der Waals surface area contributed by atoms with Crippen LogP contribution < -0.4 is 4.90 Å². The molecule has 1 atom stereocenters. The van der Waals surface area contributed by atoms with Crippen molar-refractivity contribution in [2.45, 2.75) is 45.5 Å². The Bertz CT molecular complexity index is 1550. The van der Waals surface area contributed by atoms with Crippen LogP contribution >= 0.6 is 11.6 Å². The number of imidazole rings is 1. The second kappa shape index (κ2) is 11.4. The number of amides is 1. The van der Waals surface area contributed by atoms with Crippen LogP contribution in [0.2, 0.25) is 5.02 Å². The number of aromatic nitrogens is 2. The van der Waals surface area contributed by atoms with E-state index in [-0.39, 0.29) is 17.6 Å². The van der Waals surface area contributed by atoms with Gasteiger partial charge in [0.15, 0.2) is 5.78 Å². The SMILES string of the molecule is [2H]C(c1ccc(-c2ccc3c(c2)ncn3C)cc1Cl)N(C(=O)C1CCCCC1)c1cccc(/C=C/C(C)=O)c1. The first kappa shape index (κ1) is 24.6. The Hall–Kier alpha value is -3.70. The number of fused-ring (bicyclic) bond motifs is 1. The Morgan fingerprint density at radius 2 is 1.84 bits per heavy atom. The van der Waals surface area contributed by atoms with E-state index in [1.165, 1.54) is 13.0 Å². The van der Waals surface area contributed by atoms with Gasteiger partial charge in [0.2, 0.25) is 5.91 Å². The molecule has 0 radical (unpaired) electrons. The van der Waals surface area contributed by atoms with Crippen LogP contribution in [0.4, 0.5) is 5.69 Å². The monoisotopic (exact) mass is 526 g/mol. The molecule has 0 N–H and O–H groups in total. The molecule has 1 saturated carbocycles. The molecule has 4 aromatic rings. The van der Waals surface area contributed by atoms with Crippen molar-refractivity contribution in [2.75, 3.05) is 4.90 Å². The highest BCUT2D eigenvalue weighted by Crippen LogP contribution is 2.32. The van der Waals surface area contributed by atoms with E-state index in [0.717, 1.165) is 59.8 Å². The van der Waals surface area contributed by atoms with Crippen molar-refractivity contribution in [3.63, 3.8) is 0 Å². The lowest BCUT2D eigenvalue weighted by molar-refractivity contribution is -0.123. The number of carbonyl (C=O) groups is 2. The average Bonchev–Trinajstić information content (AvgIpc) is 3.32. The second-order valence-corrected chi connectivity index (χ2v) is 10.4. The summed E-state index contributed by atoms with van der Waals surface area (Å²) in [7, 11) is 1.96. The molecule has 0 bridgehead atoms. The molecule has 3 aromatic carbocycles. The first-order valence-electron chi connectivity index (χ1n) is 13.6. The fourth-order valence-corrected chi connectivity index (χ4v) is 5.30. The lowest BCUT2D eigenvalue weighted by atomic mass is 9.88. The molecule has 38 heavy (non-hydrogen) atoms. The second-order valence-electron chi connectivity index (χ2n) is 10.0.